The molecule has 0 bridgehead atoms. The van der Waals surface area contributed by atoms with Gasteiger partial charge in [-0.05, 0) is 43.0 Å². The minimum atomic E-state index is -0.0150. The Morgan fingerprint density at radius 2 is 1.80 bits per heavy atom. The van der Waals surface area contributed by atoms with Gasteiger partial charge in [0.25, 0.3) is 0 Å². The first kappa shape index (κ1) is 14.7. The van der Waals surface area contributed by atoms with Crippen LogP contribution in [0.25, 0.3) is 0 Å². The summed E-state index contributed by atoms with van der Waals surface area (Å²) in [4.78, 5) is 4.52. The highest BCUT2D eigenvalue weighted by molar-refractivity contribution is 5.35. The van der Waals surface area contributed by atoms with Crippen LogP contribution in [-0.2, 0) is 6.42 Å². The van der Waals surface area contributed by atoms with Gasteiger partial charge in [-0.15, -0.1) is 0 Å². The molecule has 3 heteroatoms. The first-order valence-electron chi connectivity index (χ1n) is 7.14. The van der Waals surface area contributed by atoms with E-state index >= 15 is 0 Å². The highest BCUT2D eigenvalue weighted by Crippen LogP contribution is 2.24. The second-order valence-electron chi connectivity index (χ2n) is 5.22. The molecule has 1 atom stereocenters. The molecule has 3 N–H and O–H groups in total. The largest absolute Gasteiger partial charge is 0.271 e. The molecule has 20 heavy (non-hydrogen) atoms. The van der Waals surface area contributed by atoms with Gasteiger partial charge in [0.05, 0.1) is 6.04 Å². The van der Waals surface area contributed by atoms with Crippen molar-refractivity contribution in [2.24, 2.45) is 5.84 Å². The van der Waals surface area contributed by atoms with Gasteiger partial charge in [-0.3, -0.25) is 10.8 Å². The van der Waals surface area contributed by atoms with Crippen LogP contribution in [0.2, 0.25) is 0 Å². The number of hydrogen-bond donors (Lipinski definition) is 2. The summed E-state index contributed by atoms with van der Waals surface area (Å²) in [7, 11) is 0. The number of hydrazine groups is 1. The van der Waals surface area contributed by atoms with Gasteiger partial charge in [-0.2, -0.15) is 0 Å². The molecule has 1 aromatic carbocycles. The van der Waals surface area contributed by atoms with E-state index in [1.54, 1.807) is 0 Å². The van der Waals surface area contributed by atoms with Gasteiger partial charge >= 0.3 is 0 Å². The van der Waals surface area contributed by atoms with Crippen molar-refractivity contribution in [3.8, 4) is 0 Å². The van der Waals surface area contributed by atoms with Crippen LogP contribution in [0, 0.1) is 13.8 Å². The van der Waals surface area contributed by atoms with Gasteiger partial charge < -0.3 is 0 Å². The second-order valence-corrected chi connectivity index (χ2v) is 5.22. The minimum Gasteiger partial charge on any atom is -0.271 e. The average molecular weight is 269 g/mol. The lowest BCUT2D eigenvalue weighted by atomic mass is 9.96. The predicted octanol–water partition coefficient (Wildman–Crippen LogP) is 3.20. The summed E-state index contributed by atoms with van der Waals surface area (Å²) in [6, 6.07) is 12.8. The Labute approximate surface area is 121 Å². The summed E-state index contributed by atoms with van der Waals surface area (Å²) in [6.45, 7) is 6.22. The number of rotatable bonds is 5. The molecule has 0 spiro atoms. The van der Waals surface area contributed by atoms with E-state index in [0.717, 1.165) is 23.4 Å². The third-order valence-electron chi connectivity index (χ3n) is 3.60. The molecule has 0 radical (unpaired) electrons. The molecule has 1 heterocycles. The number of nitrogens with zero attached hydrogens (tertiary/aromatic N) is 1. The van der Waals surface area contributed by atoms with Crippen LogP contribution in [0.3, 0.4) is 0 Å². The normalized spacial score (nSPS) is 12.4. The third-order valence-corrected chi connectivity index (χ3v) is 3.60. The SMILES string of the molecule is CCCc1ccc(C(NN)c2ccc(C)nc2C)cc1. The molecule has 0 aliphatic carbocycles. The van der Waals surface area contributed by atoms with Crippen LogP contribution in [0.1, 0.15) is 47.5 Å². The highest BCUT2D eigenvalue weighted by Gasteiger charge is 2.15. The molecule has 0 saturated heterocycles. The van der Waals surface area contributed by atoms with Gasteiger partial charge in [0.2, 0.25) is 0 Å². The number of hydrogen-bond acceptors (Lipinski definition) is 3. The highest BCUT2D eigenvalue weighted by atomic mass is 15.2. The Bertz CT molecular complexity index is 561. The van der Waals surface area contributed by atoms with Gasteiger partial charge in [0, 0.05) is 11.4 Å². The first-order chi connectivity index (χ1) is 9.65. The van der Waals surface area contributed by atoms with Crippen molar-refractivity contribution in [2.45, 2.75) is 39.7 Å². The fourth-order valence-electron chi connectivity index (χ4n) is 2.53. The van der Waals surface area contributed by atoms with E-state index in [1.807, 2.05) is 19.9 Å². The summed E-state index contributed by atoms with van der Waals surface area (Å²) in [6.07, 6.45) is 2.28. The topological polar surface area (TPSA) is 50.9 Å². The molecule has 1 unspecified atom stereocenters. The zero-order valence-electron chi connectivity index (χ0n) is 12.5. The summed E-state index contributed by atoms with van der Waals surface area (Å²) < 4.78 is 0. The molecule has 0 fully saturated rings. The number of nitrogens with two attached hydrogens (primary N) is 1. The molecule has 2 rings (SSSR count). The summed E-state index contributed by atoms with van der Waals surface area (Å²) >= 11 is 0. The van der Waals surface area contributed by atoms with Crippen molar-refractivity contribution in [2.75, 3.05) is 0 Å². The third kappa shape index (κ3) is 3.24. The van der Waals surface area contributed by atoms with Gasteiger partial charge in [0.15, 0.2) is 0 Å². The van der Waals surface area contributed by atoms with Crippen LogP contribution in [-0.4, -0.2) is 4.98 Å². The molecule has 3 nitrogen and oxygen atoms in total. The van der Waals surface area contributed by atoms with E-state index in [-0.39, 0.29) is 6.04 Å². The Kier molecular flexibility index (Phi) is 4.88. The summed E-state index contributed by atoms with van der Waals surface area (Å²) in [5, 5.41) is 0. The van der Waals surface area contributed by atoms with E-state index in [1.165, 1.54) is 17.5 Å². The maximum atomic E-state index is 5.76. The van der Waals surface area contributed by atoms with Crippen molar-refractivity contribution < 1.29 is 0 Å². The van der Waals surface area contributed by atoms with Crippen LogP contribution < -0.4 is 11.3 Å². The number of aryl methyl sites for hydroxylation is 3. The van der Waals surface area contributed by atoms with E-state index in [2.05, 4.69) is 47.7 Å². The quantitative estimate of drug-likeness (QED) is 0.647. The maximum absolute atomic E-state index is 5.76. The van der Waals surface area contributed by atoms with Crippen LogP contribution in [0.4, 0.5) is 0 Å². The smallest absolute Gasteiger partial charge is 0.0727 e. The van der Waals surface area contributed by atoms with Gasteiger partial charge in [-0.25, -0.2) is 5.43 Å². The lowest BCUT2D eigenvalue weighted by Gasteiger charge is -2.19. The lowest BCUT2D eigenvalue weighted by molar-refractivity contribution is 0.629. The fraction of sp³-hybridized carbons (Fsp3) is 0.353. The van der Waals surface area contributed by atoms with Gasteiger partial charge in [0.1, 0.15) is 0 Å². The molecule has 0 saturated carbocycles. The molecule has 1 aromatic heterocycles. The second kappa shape index (κ2) is 6.64. The lowest BCUT2D eigenvalue weighted by Crippen LogP contribution is -2.29. The van der Waals surface area contributed by atoms with Crippen molar-refractivity contribution in [3.63, 3.8) is 0 Å². The van der Waals surface area contributed by atoms with Crippen LogP contribution >= 0.6 is 0 Å². The monoisotopic (exact) mass is 269 g/mol. The van der Waals surface area contributed by atoms with Crippen molar-refractivity contribution in [1.29, 1.82) is 0 Å². The Hall–Kier alpha value is -1.71. The number of pyridine rings is 1. The van der Waals surface area contributed by atoms with Crippen LogP contribution in [0.15, 0.2) is 36.4 Å². The molecule has 0 aliphatic rings. The van der Waals surface area contributed by atoms with E-state index in [0.29, 0.717) is 0 Å². The van der Waals surface area contributed by atoms with Crippen molar-refractivity contribution >= 4 is 0 Å². The average Bonchev–Trinajstić information content (AvgIpc) is 2.44. The van der Waals surface area contributed by atoms with Crippen molar-refractivity contribution in [3.05, 3.63) is 64.5 Å². The Morgan fingerprint density at radius 1 is 1.10 bits per heavy atom. The zero-order chi connectivity index (χ0) is 14.5. The zero-order valence-corrected chi connectivity index (χ0v) is 12.5. The van der Waals surface area contributed by atoms with E-state index < -0.39 is 0 Å². The number of nitrogens with one attached hydrogen (secondary N) is 1. The van der Waals surface area contributed by atoms with E-state index in [9.17, 15) is 0 Å². The Balaban J connectivity index is 2.31. The number of benzene rings is 1. The predicted molar refractivity (Wildman–Crippen MR) is 83.3 cm³/mol. The summed E-state index contributed by atoms with van der Waals surface area (Å²) in [5.41, 5.74) is 8.61. The number of aromatic nitrogens is 1. The molecular formula is C17H23N3. The minimum absolute atomic E-state index is 0.0150. The van der Waals surface area contributed by atoms with E-state index in [4.69, 9.17) is 5.84 Å². The maximum Gasteiger partial charge on any atom is 0.0727 e. The molecule has 0 aliphatic heterocycles. The van der Waals surface area contributed by atoms with Crippen molar-refractivity contribution in [1.82, 2.24) is 10.4 Å². The molecule has 0 amide bonds. The standard InChI is InChI=1S/C17H23N3/c1-4-5-14-7-9-15(10-8-14)17(20-18)16-11-6-12(2)19-13(16)3/h6-11,17,20H,4-5,18H2,1-3H3. The first-order valence-corrected chi connectivity index (χ1v) is 7.14. The molecule has 106 valence electrons. The molecule has 2 aromatic rings. The molecular weight excluding hydrogens is 246 g/mol. The van der Waals surface area contributed by atoms with Gasteiger partial charge in [-0.1, -0.05) is 43.7 Å². The Morgan fingerprint density at radius 3 is 2.35 bits per heavy atom. The fourth-order valence-corrected chi connectivity index (χ4v) is 2.53. The van der Waals surface area contributed by atoms with Crippen LogP contribution in [0.5, 0.6) is 0 Å². The summed E-state index contributed by atoms with van der Waals surface area (Å²) in [5.74, 6) is 5.76.